The molecule has 5 heteroatoms. The van der Waals surface area contributed by atoms with E-state index < -0.39 is 0 Å². The summed E-state index contributed by atoms with van der Waals surface area (Å²) in [5.41, 5.74) is 1.46. The van der Waals surface area contributed by atoms with Crippen molar-refractivity contribution in [1.29, 1.82) is 0 Å². The van der Waals surface area contributed by atoms with Gasteiger partial charge >= 0.3 is 0 Å². The Hall–Kier alpha value is -1.15. The zero-order valence-electron chi connectivity index (χ0n) is 6.32. The van der Waals surface area contributed by atoms with Gasteiger partial charge in [0.25, 0.3) is 0 Å². The van der Waals surface area contributed by atoms with E-state index in [1.807, 2.05) is 0 Å². The third kappa shape index (κ3) is 1.38. The molecule has 1 aliphatic rings. The Kier molecular flexibility index (Phi) is 1.93. The fourth-order valence-corrected chi connectivity index (χ4v) is 1.43. The zero-order valence-corrected chi connectivity index (χ0v) is 7.83. The number of carbonyl (C=O) groups excluding carboxylic acids is 1. The van der Waals surface area contributed by atoms with E-state index in [-0.39, 0.29) is 5.82 Å². The molecule has 2 rings (SSSR count). The minimum absolute atomic E-state index is 0.272. The van der Waals surface area contributed by atoms with Gasteiger partial charge in [0.15, 0.2) is 11.8 Å². The van der Waals surface area contributed by atoms with Crippen LogP contribution in [0.2, 0.25) is 10.0 Å². The Balaban J connectivity index is 2.53. The summed E-state index contributed by atoms with van der Waals surface area (Å²) in [5, 5.41) is 6.47. The maximum atomic E-state index is 10.3. The van der Waals surface area contributed by atoms with Gasteiger partial charge in [0.2, 0.25) is 0 Å². The first-order valence-electron chi connectivity index (χ1n) is 3.49. The lowest BCUT2D eigenvalue weighted by Gasteiger charge is -1.99. The van der Waals surface area contributed by atoms with Crippen LogP contribution in [0.5, 0.6) is 0 Å². The molecule has 1 aliphatic heterocycles. The molecule has 0 radical (unpaired) electrons. The fraction of sp³-hybridized carbons (Fsp3) is 0. The number of hydrogen-bond donors (Lipinski definition) is 2. The van der Waals surface area contributed by atoms with E-state index in [0.29, 0.717) is 10.0 Å². The van der Waals surface area contributed by atoms with Crippen LogP contribution in [0.1, 0.15) is 0 Å². The Labute approximate surface area is 84.3 Å². The minimum atomic E-state index is 0.272. The lowest BCUT2D eigenvalue weighted by Crippen LogP contribution is -1.98. The standard InChI is InChI=1S/C8H4Cl2N2O/c9-4-1-6-7(2-5(4)10)12-8(3-13)11-6/h1-2,11-12H. The number of anilines is 2. The summed E-state index contributed by atoms with van der Waals surface area (Å²) < 4.78 is 0. The summed E-state index contributed by atoms with van der Waals surface area (Å²) in [7, 11) is 0. The van der Waals surface area contributed by atoms with Crippen LogP contribution in [0.3, 0.4) is 0 Å². The molecule has 0 amide bonds. The van der Waals surface area contributed by atoms with Crippen LogP contribution in [-0.4, -0.2) is 5.94 Å². The van der Waals surface area contributed by atoms with Crippen LogP contribution in [0.15, 0.2) is 18.0 Å². The minimum Gasteiger partial charge on any atom is -0.331 e. The number of nitrogens with one attached hydrogen (secondary N) is 2. The molecule has 13 heavy (non-hydrogen) atoms. The van der Waals surface area contributed by atoms with Gasteiger partial charge < -0.3 is 10.6 Å². The molecule has 1 heterocycles. The average molecular weight is 215 g/mol. The molecule has 1 aromatic rings. The second kappa shape index (κ2) is 2.96. The van der Waals surface area contributed by atoms with Crippen LogP contribution in [0.25, 0.3) is 0 Å². The molecule has 0 saturated carbocycles. The first kappa shape index (κ1) is 8.45. The molecule has 0 bridgehead atoms. The summed E-state index contributed by atoms with van der Waals surface area (Å²) in [6.45, 7) is 0. The molecule has 66 valence electrons. The largest absolute Gasteiger partial charge is 0.331 e. The lowest BCUT2D eigenvalue weighted by molar-refractivity contribution is 0.567. The SMILES string of the molecule is O=C=C1Nc2cc(Cl)c(Cl)cc2N1. The van der Waals surface area contributed by atoms with Crippen LogP contribution in [0, 0.1) is 0 Å². The van der Waals surface area contributed by atoms with Gasteiger partial charge in [-0.1, -0.05) is 23.2 Å². The summed E-state index contributed by atoms with van der Waals surface area (Å²) in [6.07, 6.45) is 0. The van der Waals surface area contributed by atoms with E-state index in [4.69, 9.17) is 23.2 Å². The molecule has 3 nitrogen and oxygen atoms in total. The van der Waals surface area contributed by atoms with Crippen molar-refractivity contribution in [3.05, 3.63) is 28.0 Å². The molecule has 0 unspecified atom stereocenters. The summed E-state index contributed by atoms with van der Waals surface area (Å²) >= 11 is 11.6. The molecule has 0 saturated heterocycles. The second-order valence-corrected chi connectivity index (χ2v) is 3.35. The third-order valence-electron chi connectivity index (χ3n) is 1.68. The zero-order chi connectivity index (χ0) is 9.42. The Morgan fingerprint density at radius 2 is 1.54 bits per heavy atom. The van der Waals surface area contributed by atoms with Crippen LogP contribution < -0.4 is 10.6 Å². The topological polar surface area (TPSA) is 41.1 Å². The molecule has 0 aromatic heterocycles. The van der Waals surface area contributed by atoms with Gasteiger partial charge in [-0.2, -0.15) is 0 Å². The molecule has 1 aromatic carbocycles. The van der Waals surface area contributed by atoms with E-state index in [0.717, 1.165) is 11.4 Å². The van der Waals surface area contributed by atoms with E-state index in [1.165, 1.54) is 0 Å². The van der Waals surface area contributed by atoms with Crippen molar-refractivity contribution >= 4 is 40.5 Å². The highest BCUT2D eigenvalue weighted by Crippen LogP contribution is 2.36. The van der Waals surface area contributed by atoms with E-state index in [9.17, 15) is 4.79 Å². The van der Waals surface area contributed by atoms with Crippen molar-refractivity contribution in [1.82, 2.24) is 0 Å². The smallest absolute Gasteiger partial charge is 0.195 e. The number of fused-ring (bicyclic) bond motifs is 1. The first-order chi connectivity index (χ1) is 6.20. The maximum Gasteiger partial charge on any atom is 0.195 e. The van der Waals surface area contributed by atoms with Crippen molar-refractivity contribution in [2.75, 3.05) is 10.6 Å². The third-order valence-corrected chi connectivity index (χ3v) is 2.40. The molecule has 2 N–H and O–H groups in total. The van der Waals surface area contributed by atoms with Gasteiger partial charge in [-0.25, -0.2) is 4.79 Å². The monoisotopic (exact) mass is 214 g/mol. The second-order valence-electron chi connectivity index (χ2n) is 2.54. The number of halogens is 2. The molecular formula is C8H4Cl2N2O. The van der Waals surface area contributed by atoms with E-state index >= 15 is 0 Å². The highest BCUT2D eigenvalue weighted by molar-refractivity contribution is 6.42. The maximum absolute atomic E-state index is 10.3. The predicted octanol–water partition coefficient (Wildman–Crippen LogP) is 2.50. The lowest BCUT2D eigenvalue weighted by atomic mass is 10.3. The molecule has 0 spiro atoms. The van der Waals surface area contributed by atoms with Crippen LogP contribution >= 0.6 is 23.2 Å². The van der Waals surface area contributed by atoms with Gasteiger partial charge in [-0.05, 0) is 12.1 Å². The van der Waals surface area contributed by atoms with Crippen molar-refractivity contribution in [2.45, 2.75) is 0 Å². The number of hydrogen-bond acceptors (Lipinski definition) is 3. The first-order valence-corrected chi connectivity index (χ1v) is 4.24. The van der Waals surface area contributed by atoms with Crippen molar-refractivity contribution in [3.8, 4) is 0 Å². The van der Waals surface area contributed by atoms with Gasteiger partial charge in [0.1, 0.15) is 0 Å². The van der Waals surface area contributed by atoms with Gasteiger partial charge in [0.05, 0.1) is 21.4 Å². The highest BCUT2D eigenvalue weighted by atomic mass is 35.5. The van der Waals surface area contributed by atoms with E-state index in [1.54, 1.807) is 18.1 Å². The van der Waals surface area contributed by atoms with Crippen molar-refractivity contribution < 1.29 is 4.79 Å². The Morgan fingerprint density at radius 1 is 1.08 bits per heavy atom. The number of rotatable bonds is 0. The van der Waals surface area contributed by atoms with Gasteiger partial charge in [-0.15, -0.1) is 0 Å². The fourth-order valence-electron chi connectivity index (χ4n) is 1.11. The van der Waals surface area contributed by atoms with Gasteiger partial charge in [0, 0.05) is 0 Å². The summed E-state index contributed by atoms with van der Waals surface area (Å²) in [6, 6.07) is 3.30. The number of benzene rings is 1. The molecular weight excluding hydrogens is 211 g/mol. The Bertz CT molecular complexity index is 391. The van der Waals surface area contributed by atoms with Crippen molar-refractivity contribution in [3.63, 3.8) is 0 Å². The van der Waals surface area contributed by atoms with Crippen LogP contribution in [-0.2, 0) is 4.79 Å². The normalized spacial score (nSPS) is 12.9. The van der Waals surface area contributed by atoms with Crippen LogP contribution in [0.4, 0.5) is 11.4 Å². The predicted molar refractivity (Wildman–Crippen MR) is 52.9 cm³/mol. The summed E-state index contributed by atoms with van der Waals surface area (Å²) in [5.74, 6) is 1.98. The Morgan fingerprint density at radius 3 is 1.92 bits per heavy atom. The quantitative estimate of drug-likeness (QED) is 0.653. The highest BCUT2D eigenvalue weighted by Gasteiger charge is 2.16. The molecule has 0 aliphatic carbocycles. The van der Waals surface area contributed by atoms with Gasteiger partial charge in [-0.3, -0.25) is 0 Å². The summed E-state index contributed by atoms with van der Waals surface area (Å²) in [4.78, 5) is 10.3. The molecule has 0 atom stereocenters. The van der Waals surface area contributed by atoms with Crippen molar-refractivity contribution in [2.24, 2.45) is 0 Å². The molecule has 0 fully saturated rings. The van der Waals surface area contributed by atoms with E-state index in [2.05, 4.69) is 10.6 Å². The average Bonchev–Trinajstić information content (AvgIpc) is 2.48.